The van der Waals surface area contributed by atoms with Crippen molar-refractivity contribution in [1.29, 1.82) is 0 Å². The van der Waals surface area contributed by atoms with E-state index in [0.29, 0.717) is 13.1 Å². The third kappa shape index (κ3) is 4.07. The molecule has 0 aromatic carbocycles. The Labute approximate surface area is 126 Å². The first-order chi connectivity index (χ1) is 9.29. The molecule has 1 aliphatic heterocycles. The molecule has 0 saturated carbocycles. The number of nitrogens with zero attached hydrogens (tertiary/aromatic N) is 2. The summed E-state index contributed by atoms with van der Waals surface area (Å²) in [7, 11) is 0. The first-order valence-corrected chi connectivity index (χ1v) is 6.38. The summed E-state index contributed by atoms with van der Waals surface area (Å²) in [6.45, 7) is 2.42. The summed E-state index contributed by atoms with van der Waals surface area (Å²) in [6.07, 6.45) is -2.84. The van der Waals surface area contributed by atoms with Gasteiger partial charge >= 0.3 is 6.18 Å². The molecule has 0 aliphatic carbocycles. The van der Waals surface area contributed by atoms with Crippen LogP contribution in [0.1, 0.15) is 34.6 Å². The minimum atomic E-state index is -4.50. The monoisotopic (exact) mass is 323 g/mol. The molecule has 1 aromatic rings. The lowest BCUT2D eigenvalue weighted by molar-refractivity contribution is -0.141. The van der Waals surface area contributed by atoms with E-state index in [2.05, 4.69) is 4.98 Å². The molecule has 0 bridgehead atoms. The predicted octanol–water partition coefficient (Wildman–Crippen LogP) is 2.39. The quantitative estimate of drug-likeness (QED) is 0.863. The standard InChI is InChI=1S/C13H16F3N3O.ClH/c1-8-10(4-5-11(18-8)13(14,15)16)12(20)19-6-2-3-9(17)7-19;/h4-5,9H,2-3,6-7,17H2,1H3;1H. The van der Waals surface area contributed by atoms with Crippen LogP contribution in [0.2, 0.25) is 0 Å². The first kappa shape index (κ1) is 17.7. The topological polar surface area (TPSA) is 59.2 Å². The van der Waals surface area contributed by atoms with Crippen LogP contribution in [0.3, 0.4) is 0 Å². The van der Waals surface area contributed by atoms with E-state index in [9.17, 15) is 18.0 Å². The highest BCUT2D eigenvalue weighted by Gasteiger charge is 2.33. The highest BCUT2D eigenvalue weighted by atomic mass is 35.5. The molecule has 2 rings (SSSR count). The maximum absolute atomic E-state index is 12.5. The van der Waals surface area contributed by atoms with Crippen LogP contribution in [-0.2, 0) is 6.18 Å². The van der Waals surface area contributed by atoms with E-state index in [0.717, 1.165) is 18.9 Å². The van der Waals surface area contributed by atoms with Gasteiger partial charge in [-0.1, -0.05) is 0 Å². The predicted molar refractivity (Wildman–Crippen MR) is 74.3 cm³/mol. The van der Waals surface area contributed by atoms with Crippen LogP contribution in [0, 0.1) is 6.92 Å². The van der Waals surface area contributed by atoms with Gasteiger partial charge in [0.25, 0.3) is 5.91 Å². The fourth-order valence-corrected chi connectivity index (χ4v) is 2.31. The minimum Gasteiger partial charge on any atom is -0.337 e. The molecule has 1 atom stereocenters. The van der Waals surface area contributed by atoms with Crippen LogP contribution in [0.15, 0.2) is 12.1 Å². The van der Waals surface area contributed by atoms with E-state index in [4.69, 9.17) is 5.73 Å². The normalized spacial score (nSPS) is 19.1. The average Bonchev–Trinajstić information content (AvgIpc) is 2.36. The summed E-state index contributed by atoms with van der Waals surface area (Å²) in [4.78, 5) is 17.3. The summed E-state index contributed by atoms with van der Waals surface area (Å²) in [6, 6.07) is 1.95. The smallest absolute Gasteiger partial charge is 0.337 e. The van der Waals surface area contributed by atoms with Gasteiger partial charge < -0.3 is 10.6 Å². The molecule has 1 aliphatic rings. The Morgan fingerprint density at radius 1 is 1.43 bits per heavy atom. The number of nitrogens with two attached hydrogens (primary N) is 1. The zero-order valence-electron chi connectivity index (χ0n) is 11.5. The maximum Gasteiger partial charge on any atom is 0.433 e. The summed E-state index contributed by atoms with van der Waals surface area (Å²) >= 11 is 0. The molecule has 0 spiro atoms. The van der Waals surface area contributed by atoms with Crippen LogP contribution >= 0.6 is 12.4 Å². The van der Waals surface area contributed by atoms with E-state index in [1.54, 1.807) is 4.90 Å². The number of aryl methyl sites for hydroxylation is 1. The number of carbonyl (C=O) groups excluding carboxylic acids is 1. The van der Waals surface area contributed by atoms with Gasteiger partial charge in [-0.25, -0.2) is 4.98 Å². The van der Waals surface area contributed by atoms with Crippen LogP contribution in [0.5, 0.6) is 0 Å². The number of rotatable bonds is 1. The summed E-state index contributed by atoms with van der Waals surface area (Å²) < 4.78 is 37.6. The number of hydrogen-bond acceptors (Lipinski definition) is 3. The zero-order valence-corrected chi connectivity index (χ0v) is 12.3. The molecule has 1 unspecified atom stereocenters. The van der Waals surface area contributed by atoms with E-state index < -0.39 is 11.9 Å². The summed E-state index contributed by atoms with van der Waals surface area (Å²) in [5.41, 5.74) is 5.11. The molecule has 2 N–H and O–H groups in total. The Kier molecular flexibility index (Phi) is 5.58. The van der Waals surface area contributed by atoms with E-state index >= 15 is 0 Å². The van der Waals surface area contributed by atoms with Crippen molar-refractivity contribution in [3.8, 4) is 0 Å². The molecule has 2 heterocycles. The van der Waals surface area contributed by atoms with Gasteiger partial charge in [0.05, 0.1) is 11.3 Å². The van der Waals surface area contributed by atoms with Gasteiger partial charge in [0, 0.05) is 19.1 Å². The first-order valence-electron chi connectivity index (χ1n) is 6.38. The number of hydrogen-bond donors (Lipinski definition) is 1. The van der Waals surface area contributed by atoms with E-state index in [1.165, 1.54) is 13.0 Å². The highest BCUT2D eigenvalue weighted by molar-refractivity contribution is 5.95. The zero-order chi connectivity index (χ0) is 14.9. The van der Waals surface area contributed by atoms with Gasteiger partial charge in [-0.2, -0.15) is 13.2 Å². The van der Waals surface area contributed by atoms with Gasteiger partial charge in [-0.3, -0.25) is 4.79 Å². The summed E-state index contributed by atoms with van der Waals surface area (Å²) in [5.74, 6) is -0.307. The number of aromatic nitrogens is 1. The van der Waals surface area contributed by atoms with Crippen molar-refractivity contribution in [2.24, 2.45) is 5.73 Å². The number of pyridine rings is 1. The molecule has 1 fully saturated rings. The second-order valence-electron chi connectivity index (χ2n) is 4.98. The van der Waals surface area contributed by atoms with Gasteiger partial charge in [0.2, 0.25) is 0 Å². The molecule has 1 aromatic heterocycles. The lowest BCUT2D eigenvalue weighted by atomic mass is 10.0. The lowest BCUT2D eigenvalue weighted by Gasteiger charge is -2.31. The molecule has 4 nitrogen and oxygen atoms in total. The lowest BCUT2D eigenvalue weighted by Crippen LogP contribution is -2.45. The van der Waals surface area contributed by atoms with Crippen LogP contribution < -0.4 is 5.73 Å². The van der Waals surface area contributed by atoms with Crippen molar-refractivity contribution in [1.82, 2.24) is 9.88 Å². The number of likely N-dealkylation sites (tertiary alicyclic amines) is 1. The van der Waals surface area contributed by atoms with Crippen molar-refractivity contribution >= 4 is 18.3 Å². The molecule has 1 amide bonds. The molecular formula is C13H17ClF3N3O. The Morgan fingerprint density at radius 2 is 2.10 bits per heavy atom. The van der Waals surface area contributed by atoms with Gasteiger partial charge in [0.15, 0.2) is 0 Å². The molecular weight excluding hydrogens is 307 g/mol. The second-order valence-corrected chi connectivity index (χ2v) is 4.98. The van der Waals surface area contributed by atoms with E-state index in [1.807, 2.05) is 0 Å². The highest BCUT2D eigenvalue weighted by Crippen LogP contribution is 2.28. The SMILES string of the molecule is Cc1nc(C(F)(F)F)ccc1C(=O)N1CCCC(N)C1.Cl. The van der Waals surface area contributed by atoms with Crippen molar-refractivity contribution < 1.29 is 18.0 Å². The maximum atomic E-state index is 12.5. The summed E-state index contributed by atoms with van der Waals surface area (Å²) in [5, 5.41) is 0. The number of carbonyl (C=O) groups is 1. The second kappa shape index (κ2) is 6.62. The molecule has 1 saturated heterocycles. The van der Waals surface area contributed by atoms with Crippen molar-refractivity contribution in [3.05, 3.63) is 29.1 Å². The average molecular weight is 324 g/mol. The van der Waals surface area contributed by atoms with Crippen LogP contribution in [0.25, 0.3) is 0 Å². The van der Waals surface area contributed by atoms with Crippen LogP contribution in [-0.4, -0.2) is 34.9 Å². The van der Waals surface area contributed by atoms with Gasteiger partial charge in [-0.05, 0) is 31.9 Å². The largest absolute Gasteiger partial charge is 0.433 e. The number of piperidine rings is 1. The Balaban J connectivity index is 0.00000220. The van der Waals surface area contributed by atoms with E-state index in [-0.39, 0.29) is 35.6 Å². The molecule has 118 valence electrons. The van der Waals surface area contributed by atoms with Crippen molar-refractivity contribution in [2.45, 2.75) is 32.0 Å². The van der Waals surface area contributed by atoms with Crippen molar-refractivity contribution in [3.63, 3.8) is 0 Å². The Morgan fingerprint density at radius 3 is 2.62 bits per heavy atom. The third-order valence-corrected chi connectivity index (χ3v) is 3.35. The fraction of sp³-hybridized carbons (Fsp3) is 0.538. The number of amides is 1. The van der Waals surface area contributed by atoms with Crippen LogP contribution in [0.4, 0.5) is 13.2 Å². The Bertz CT molecular complexity index is 522. The minimum absolute atomic E-state index is 0. The molecule has 8 heteroatoms. The molecule has 21 heavy (non-hydrogen) atoms. The number of halogens is 4. The van der Waals surface area contributed by atoms with Gasteiger partial charge in [0.1, 0.15) is 5.69 Å². The molecule has 0 radical (unpaired) electrons. The van der Waals surface area contributed by atoms with Gasteiger partial charge in [-0.15, -0.1) is 12.4 Å². The Hall–Kier alpha value is -1.34. The fourth-order valence-electron chi connectivity index (χ4n) is 2.31. The van der Waals surface area contributed by atoms with Crippen molar-refractivity contribution in [2.75, 3.05) is 13.1 Å². The number of alkyl halides is 3. The third-order valence-electron chi connectivity index (χ3n) is 3.35.